The molecule has 0 saturated carbocycles. The van der Waals surface area contributed by atoms with E-state index in [4.69, 9.17) is 0 Å². The Balaban J connectivity index is 2.59. The van der Waals surface area contributed by atoms with Gasteiger partial charge in [0.1, 0.15) is 5.69 Å². The number of aromatic nitrogens is 2. The molecule has 1 aromatic heterocycles. The van der Waals surface area contributed by atoms with Gasteiger partial charge in [0, 0.05) is 5.56 Å². The Morgan fingerprint density at radius 2 is 2.07 bits per heavy atom. The second-order valence-electron chi connectivity index (χ2n) is 3.17. The van der Waals surface area contributed by atoms with Crippen molar-refractivity contribution in [3.63, 3.8) is 0 Å². The second kappa shape index (κ2) is 3.06. The average molecular weight is 190 g/mol. The van der Waals surface area contributed by atoms with Gasteiger partial charge in [0.15, 0.2) is 0 Å². The molecule has 0 radical (unpaired) electrons. The molecule has 0 aliphatic rings. The highest BCUT2D eigenvalue weighted by molar-refractivity contribution is 5.64. The van der Waals surface area contributed by atoms with E-state index in [1.54, 1.807) is 0 Å². The minimum Gasteiger partial charge on any atom is -0.493 e. The molecular formula is C10H10N2O2. The van der Waals surface area contributed by atoms with Crippen LogP contribution in [0.2, 0.25) is 0 Å². The summed E-state index contributed by atoms with van der Waals surface area (Å²) in [6, 6.07) is 7.53. The van der Waals surface area contributed by atoms with Gasteiger partial charge in [0.2, 0.25) is 5.88 Å². The molecule has 4 heteroatoms. The third-order valence-electron chi connectivity index (χ3n) is 2.01. The standard InChI is InChI=1S/C10H10N2O2/c1-6-3-2-4-7(5-6)8-9(13)12-10(14)11-8/h2-5,13H,1H3,(H2,11,12,14). The number of aryl methyl sites for hydroxylation is 1. The molecule has 4 nitrogen and oxygen atoms in total. The van der Waals surface area contributed by atoms with Crippen LogP contribution in [0.25, 0.3) is 11.3 Å². The third kappa shape index (κ3) is 1.42. The first-order chi connectivity index (χ1) is 6.66. The largest absolute Gasteiger partial charge is 0.493 e. The van der Waals surface area contributed by atoms with E-state index in [1.165, 1.54) is 0 Å². The molecule has 0 aliphatic heterocycles. The fourth-order valence-corrected chi connectivity index (χ4v) is 1.38. The van der Waals surface area contributed by atoms with E-state index in [2.05, 4.69) is 9.97 Å². The first kappa shape index (κ1) is 8.62. The summed E-state index contributed by atoms with van der Waals surface area (Å²) in [4.78, 5) is 15.7. The van der Waals surface area contributed by atoms with Gasteiger partial charge >= 0.3 is 5.69 Å². The smallest absolute Gasteiger partial charge is 0.326 e. The van der Waals surface area contributed by atoms with Crippen molar-refractivity contribution in [1.82, 2.24) is 9.97 Å². The van der Waals surface area contributed by atoms with E-state index < -0.39 is 5.69 Å². The van der Waals surface area contributed by atoms with Crippen molar-refractivity contribution in [3.05, 3.63) is 40.3 Å². The SMILES string of the molecule is Cc1cccc(-c2[nH]c(=O)[nH]c2O)c1. The molecule has 3 N–H and O–H groups in total. The van der Waals surface area contributed by atoms with Crippen molar-refractivity contribution < 1.29 is 5.11 Å². The maximum Gasteiger partial charge on any atom is 0.326 e. The Kier molecular flexibility index (Phi) is 1.89. The van der Waals surface area contributed by atoms with Gasteiger partial charge < -0.3 is 10.1 Å². The number of hydrogen-bond donors (Lipinski definition) is 3. The van der Waals surface area contributed by atoms with Gasteiger partial charge in [0.05, 0.1) is 0 Å². The van der Waals surface area contributed by atoms with Crippen molar-refractivity contribution >= 4 is 0 Å². The highest BCUT2D eigenvalue weighted by Gasteiger charge is 2.07. The lowest BCUT2D eigenvalue weighted by Crippen LogP contribution is -2.00. The highest BCUT2D eigenvalue weighted by atomic mass is 16.3. The molecule has 0 atom stereocenters. The third-order valence-corrected chi connectivity index (χ3v) is 2.01. The zero-order chi connectivity index (χ0) is 10.1. The van der Waals surface area contributed by atoms with Crippen LogP contribution in [0.1, 0.15) is 5.56 Å². The fourth-order valence-electron chi connectivity index (χ4n) is 1.38. The summed E-state index contributed by atoms with van der Waals surface area (Å²) in [5, 5.41) is 9.39. The first-order valence-electron chi connectivity index (χ1n) is 4.25. The molecule has 0 saturated heterocycles. The second-order valence-corrected chi connectivity index (χ2v) is 3.17. The predicted molar refractivity (Wildman–Crippen MR) is 53.3 cm³/mol. The lowest BCUT2D eigenvalue weighted by molar-refractivity contribution is 0.457. The maximum atomic E-state index is 10.9. The van der Waals surface area contributed by atoms with Crippen molar-refractivity contribution in [2.24, 2.45) is 0 Å². The van der Waals surface area contributed by atoms with E-state index in [-0.39, 0.29) is 5.88 Å². The summed E-state index contributed by atoms with van der Waals surface area (Å²) >= 11 is 0. The molecule has 1 heterocycles. The van der Waals surface area contributed by atoms with Crippen molar-refractivity contribution in [3.8, 4) is 17.1 Å². The molecule has 0 aliphatic carbocycles. The summed E-state index contributed by atoms with van der Waals surface area (Å²) in [5.41, 5.74) is 1.89. The first-order valence-corrected chi connectivity index (χ1v) is 4.25. The Morgan fingerprint density at radius 1 is 1.29 bits per heavy atom. The monoisotopic (exact) mass is 190 g/mol. The molecule has 72 valence electrons. The van der Waals surface area contributed by atoms with Crippen LogP contribution in [-0.2, 0) is 0 Å². The normalized spacial score (nSPS) is 10.4. The van der Waals surface area contributed by atoms with E-state index >= 15 is 0 Å². The lowest BCUT2D eigenvalue weighted by atomic mass is 10.1. The number of hydrogen-bond acceptors (Lipinski definition) is 2. The van der Waals surface area contributed by atoms with E-state index in [9.17, 15) is 9.90 Å². The average Bonchev–Trinajstić information content (AvgIpc) is 2.45. The van der Waals surface area contributed by atoms with Crippen LogP contribution in [0.4, 0.5) is 0 Å². The number of nitrogens with one attached hydrogen (secondary N) is 2. The van der Waals surface area contributed by atoms with Gasteiger partial charge in [0.25, 0.3) is 0 Å². The van der Waals surface area contributed by atoms with E-state index in [0.29, 0.717) is 5.69 Å². The molecule has 0 fully saturated rings. The number of rotatable bonds is 1. The zero-order valence-electron chi connectivity index (χ0n) is 7.66. The fraction of sp³-hybridized carbons (Fsp3) is 0.100. The summed E-state index contributed by atoms with van der Waals surface area (Å²) in [6.07, 6.45) is 0. The molecule has 0 bridgehead atoms. The number of aromatic hydroxyl groups is 1. The van der Waals surface area contributed by atoms with Crippen LogP contribution in [0.5, 0.6) is 5.88 Å². The van der Waals surface area contributed by atoms with Crippen LogP contribution < -0.4 is 5.69 Å². The van der Waals surface area contributed by atoms with E-state index in [0.717, 1.165) is 11.1 Å². The maximum absolute atomic E-state index is 10.9. The number of H-pyrrole nitrogens is 2. The van der Waals surface area contributed by atoms with Crippen LogP contribution in [-0.4, -0.2) is 15.1 Å². The molecule has 0 unspecified atom stereocenters. The van der Waals surface area contributed by atoms with Crippen molar-refractivity contribution in [2.45, 2.75) is 6.92 Å². The van der Waals surface area contributed by atoms with Gasteiger partial charge in [-0.05, 0) is 13.0 Å². The van der Waals surface area contributed by atoms with Gasteiger partial charge in [-0.2, -0.15) is 0 Å². The quantitative estimate of drug-likeness (QED) is 0.635. The van der Waals surface area contributed by atoms with E-state index in [1.807, 2.05) is 31.2 Å². The Hall–Kier alpha value is -1.97. The minimum atomic E-state index is -0.404. The Bertz CT molecular complexity index is 511. The van der Waals surface area contributed by atoms with Gasteiger partial charge in [-0.25, -0.2) is 4.79 Å². The van der Waals surface area contributed by atoms with Gasteiger partial charge in [-0.3, -0.25) is 4.98 Å². The zero-order valence-corrected chi connectivity index (χ0v) is 7.66. The van der Waals surface area contributed by atoms with Crippen molar-refractivity contribution in [2.75, 3.05) is 0 Å². The molecule has 1 aromatic carbocycles. The molecule has 0 spiro atoms. The summed E-state index contributed by atoms with van der Waals surface area (Å²) < 4.78 is 0. The van der Waals surface area contributed by atoms with Crippen LogP contribution >= 0.6 is 0 Å². The van der Waals surface area contributed by atoms with Gasteiger partial charge in [-0.1, -0.05) is 23.8 Å². The molecule has 2 aromatic rings. The lowest BCUT2D eigenvalue weighted by Gasteiger charge is -1.99. The predicted octanol–water partition coefficient (Wildman–Crippen LogP) is 1.38. The molecule has 0 amide bonds. The Morgan fingerprint density at radius 3 is 2.64 bits per heavy atom. The van der Waals surface area contributed by atoms with Crippen LogP contribution in [0, 0.1) is 6.92 Å². The molecule has 2 rings (SSSR count). The summed E-state index contributed by atoms with van der Waals surface area (Å²) in [5.74, 6) is -0.124. The van der Waals surface area contributed by atoms with Crippen LogP contribution in [0.15, 0.2) is 29.1 Å². The Labute approximate surface area is 80.2 Å². The minimum absolute atomic E-state index is 0.124. The molecule has 14 heavy (non-hydrogen) atoms. The van der Waals surface area contributed by atoms with Gasteiger partial charge in [-0.15, -0.1) is 0 Å². The highest BCUT2D eigenvalue weighted by Crippen LogP contribution is 2.23. The van der Waals surface area contributed by atoms with Crippen molar-refractivity contribution in [1.29, 1.82) is 0 Å². The number of benzene rings is 1. The summed E-state index contributed by atoms with van der Waals surface area (Å²) in [7, 11) is 0. The summed E-state index contributed by atoms with van der Waals surface area (Å²) in [6.45, 7) is 1.95. The van der Waals surface area contributed by atoms with Crippen LogP contribution in [0.3, 0.4) is 0 Å². The molecular weight excluding hydrogens is 180 g/mol. The number of aromatic amines is 2. The topological polar surface area (TPSA) is 68.9 Å². The number of imidazole rings is 1.